The van der Waals surface area contributed by atoms with Crippen molar-refractivity contribution in [2.75, 3.05) is 27.2 Å². The van der Waals surface area contributed by atoms with Gasteiger partial charge in [-0.25, -0.2) is 0 Å². The Morgan fingerprint density at radius 2 is 2.09 bits per heavy atom. The van der Waals surface area contributed by atoms with Crippen LogP contribution in [0, 0.1) is 0 Å². The summed E-state index contributed by atoms with van der Waals surface area (Å²) in [6.45, 7) is 1.86. The van der Waals surface area contributed by atoms with Crippen molar-refractivity contribution >= 4 is 16.6 Å². The smallest absolute Gasteiger partial charge is 0.193 e. The van der Waals surface area contributed by atoms with Gasteiger partial charge in [-0.3, -0.25) is 4.79 Å². The zero-order valence-corrected chi connectivity index (χ0v) is 12.9. The van der Waals surface area contributed by atoms with E-state index in [0.29, 0.717) is 11.3 Å². The highest BCUT2D eigenvalue weighted by Gasteiger charge is 2.17. The summed E-state index contributed by atoms with van der Waals surface area (Å²) in [5.74, 6) is 1.44. The summed E-state index contributed by atoms with van der Waals surface area (Å²) < 4.78 is 5.41. The lowest BCUT2D eigenvalue weighted by Gasteiger charge is -2.28. The van der Waals surface area contributed by atoms with Crippen LogP contribution in [-0.2, 0) is 0 Å². The normalized spacial score (nSPS) is 16.6. The lowest BCUT2D eigenvalue weighted by Crippen LogP contribution is -2.37. The largest absolute Gasteiger partial charge is 0.496 e. The van der Waals surface area contributed by atoms with Crippen molar-refractivity contribution in [1.29, 1.82) is 0 Å². The first-order valence-electron chi connectivity index (χ1n) is 7.47. The molecule has 1 N–H and O–H groups in total. The second-order valence-corrected chi connectivity index (χ2v) is 5.46. The van der Waals surface area contributed by atoms with Crippen LogP contribution >= 0.6 is 0 Å². The van der Waals surface area contributed by atoms with Crippen molar-refractivity contribution in [3.63, 3.8) is 0 Å². The van der Waals surface area contributed by atoms with Gasteiger partial charge in [0.25, 0.3) is 0 Å². The summed E-state index contributed by atoms with van der Waals surface area (Å²) in [6.07, 6.45) is 2.75. The van der Waals surface area contributed by atoms with E-state index in [1.165, 1.54) is 0 Å². The van der Waals surface area contributed by atoms with Crippen molar-refractivity contribution < 1.29 is 9.53 Å². The molecule has 2 aromatic carbocycles. The van der Waals surface area contributed by atoms with Crippen LogP contribution in [0.15, 0.2) is 48.3 Å². The highest BCUT2D eigenvalue weighted by Crippen LogP contribution is 2.29. The van der Waals surface area contributed by atoms with Gasteiger partial charge in [0.2, 0.25) is 0 Å². The van der Waals surface area contributed by atoms with Crippen molar-refractivity contribution in [3.8, 4) is 5.75 Å². The molecule has 0 aromatic heterocycles. The summed E-state index contributed by atoms with van der Waals surface area (Å²) in [7, 11) is 3.59. The maximum Gasteiger partial charge on any atom is 0.193 e. The molecule has 1 heterocycles. The minimum absolute atomic E-state index is 0.0371. The van der Waals surface area contributed by atoms with Gasteiger partial charge in [-0.15, -0.1) is 0 Å². The predicted octanol–water partition coefficient (Wildman–Crippen LogP) is 2.80. The lowest BCUT2D eigenvalue weighted by molar-refractivity contribution is 0.104. The quantitative estimate of drug-likeness (QED) is 0.698. The predicted molar refractivity (Wildman–Crippen MR) is 88.2 cm³/mol. The van der Waals surface area contributed by atoms with E-state index in [2.05, 4.69) is 10.2 Å². The third-order valence-electron chi connectivity index (χ3n) is 4.01. The third kappa shape index (κ3) is 2.64. The van der Waals surface area contributed by atoms with E-state index in [4.69, 9.17) is 4.74 Å². The van der Waals surface area contributed by atoms with Gasteiger partial charge in [0.05, 0.1) is 12.7 Å². The number of ether oxygens (including phenoxy) is 1. The summed E-state index contributed by atoms with van der Waals surface area (Å²) in [5, 5.41) is 5.24. The van der Waals surface area contributed by atoms with Crippen LogP contribution in [-0.4, -0.2) is 37.9 Å². The Hall–Kier alpha value is -2.49. The second kappa shape index (κ2) is 6.10. The molecule has 4 heteroatoms. The average Bonchev–Trinajstić information content (AvgIpc) is 2.55. The van der Waals surface area contributed by atoms with E-state index in [9.17, 15) is 4.79 Å². The number of nitrogens with zero attached hydrogens (tertiary/aromatic N) is 1. The number of methoxy groups -OCH3 is 1. The Morgan fingerprint density at radius 3 is 2.86 bits per heavy atom. The van der Waals surface area contributed by atoms with E-state index in [0.717, 1.165) is 36.1 Å². The van der Waals surface area contributed by atoms with E-state index < -0.39 is 0 Å². The fourth-order valence-corrected chi connectivity index (χ4v) is 2.82. The molecule has 0 unspecified atom stereocenters. The Morgan fingerprint density at radius 1 is 1.27 bits per heavy atom. The van der Waals surface area contributed by atoms with Gasteiger partial charge in [0, 0.05) is 26.2 Å². The van der Waals surface area contributed by atoms with Crippen LogP contribution in [0.2, 0.25) is 0 Å². The molecule has 2 aromatic rings. The Balaban J connectivity index is 2.08. The molecular formula is C18H20N2O2. The van der Waals surface area contributed by atoms with Crippen molar-refractivity contribution in [2.45, 2.75) is 6.42 Å². The summed E-state index contributed by atoms with van der Waals surface area (Å²) in [5.41, 5.74) is 0.619. The Bertz CT molecular complexity index is 737. The molecule has 0 amide bonds. The van der Waals surface area contributed by atoms with Gasteiger partial charge in [0.1, 0.15) is 11.6 Å². The van der Waals surface area contributed by atoms with E-state index in [1.807, 2.05) is 43.4 Å². The average molecular weight is 296 g/mol. The van der Waals surface area contributed by atoms with Gasteiger partial charge in [-0.2, -0.15) is 0 Å². The first-order valence-corrected chi connectivity index (χ1v) is 7.47. The molecule has 0 bridgehead atoms. The molecule has 1 aliphatic rings. The maximum atomic E-state index is 12.8. The molecule has 0 radical (unpaired) electrons. The number of benzene rings is 2. The van der Waals surface area contributed by atoms with Crippen molar-refractivity contribution in [3.05, 3.63) is 53.9 Å². The SMILES string of the molecule is COc1ccc2ccccc2c1C(=O)/C=C1\NCCCN1C. The highest BCUT2D eigenvalue weighted by molar-refractivity contribution is 6.15. The standard InChI is InChI=1S/C18H20N2O2/c1-20-11-5-10-19-17(20)12-15(21)18-14-7-4-3-6-13(14)8-9-16(18)22-2/h3-4,6-9,12,19H,5,10-11H2,1-2H3/b17-12+. The molecule has 0 atom stereocenters. The van der Waals surface area contributed by atoms with Crippen LogP contribution in [0.1, 0.15) is 16.8 Å². The van der Waals surface area contributed by atoms with Gasteiger partial charge in [-0.1, -0.05) is 30.3 Å². The first kappa shape index (κ1) is 14.4. The summed E-state index contributed by atoms with van der Waals surface area (Å²) in [4.78, 5) is 14.9. The van der Waals surface area contributed by atoms with Crippen LogP contribution in [0.4, 0.5) is 0 Å². The Labute approximate surface area is 130 Å². The van der Waals surface area contributed by atoms with Crippen LogP contribution in [0.25, 0.3) is 10.8 Å². The number of allylic oxidation sites excluding steroid dienone is 1. The third-order valence-corrected chi connectivity index (χ3v) is 4.01. The van der Waals surface area contributed by atoms with E-state index in [1.54, 1.807) is 13.2 Å². The number of rotatable bonds is 3. The van der Waals surface area contributed by atoms with Crippen molar-refractivity contribution in [2.24, 2.45) is 0 Å². The van der Waals surface area contributed by atoms with Gasteiger partial charge >= 0.3 is 0 Å². The van der Waals surface area contributed by atoms with Crippen LogP contribution in [0.3, 0.4) is 0 Å². The molecule has 0 aliphatic carbocycles. The molecule has 1 aliphatic heterocycles. The van der Waals surface area contributed by atoms with Crippen LogP contribution in [0.5, 0.6) is 5.75 Å². The number of hydrogen-bond donors (Lipinski definition) is 1. The van der Waals surface area contributed by atoms with Crippen molar-refractivity contribution in [1.82, 2.24) is 10.2 Å². The number of hydrogen-bond acceptors (Lipinski definition) is 4. The molecule has 0 saturated carbocycles. The number of carbonyl (C=O) groups excluding carboxylic acids is 1. The molecular weight excluding hydrogens is 276 g/mol. The fourth-order valence-electron chi connectivity index (χ4n) is 2.82. The molecule has 0 spiro atoms. The van der Waals surface area contributed by atoms with E-state index >= 15 is 0 Å². The Kier molecular flexibility index (Phi) is 4.00. The minimum Gasteiger partial charge on any atom is -0.496 e. The molecule has 1 saturated heterocycles. The maximum absolute atomic E-state index is 12.8. The molecule has 3 rings (SSSR count). The zero-order chi connectivity index (χ0) is 15.5. The van der Waals surface area contributed by atoms with Gasteiger partial charge in [-0.05, 0) is 23.3 Å². The molecule has 114 valence electrons. The summed E-state index contributed by atoms with van der Waals surface area (Å²) >= 11 is 0. The highest BCUT2D eigenvalue weighted by atomic mass is 16.5. The van der Waals surface area contributed by atoms with E-state index in [-0.39, 0.29) is 5.78 Å². The minimum atomic E-state index is -0.0371. The van der Waals surface area contributed by atoms with Gasteiger partial charge < -0.3 is 15.0 Å². The summed E-state index contributed by atoms with van der Waals surface area (Å²) in [6, 6.07) is 11.7. The van der Waals surface area contributed by atoms with Gasteiger partial charge in [0.15, 0.2) is 5.78 Å². The monoisotopic (exact) mass is 296 g/mol. The number of nitrogens with one attached hydrogen (secondary N) is 1. The fraction of sp³-hybridized carbons (Fsp3) is 0.278. The molecule has 22 heavy (non-hydrogen) atoms. The molecule has 4 nitrogen and oxygen atoms in total. The molecule has 1 fully saturated rings. The van der Waals surface area contributed by atoms with Crippen LogP contribution < -0.4 is 10.1 Å². The first-order chi connectivity index (χ1) is 10.7. The topological polar surface area (TPSA) is 41.6 Å². The number of ketones is 1. The number of fused-ring (bicyclic) bond motifs is 1. The second-order valence-electron chi connectivity index (χ2n) is 5.46. The zero-order valence-electron chi connectivity index (χ0n) is 12.9. The lowest BCUT2D eigenvalue weighted by atomic mass is 10.00. The number of carbonyl (C=O) groups is 1.